The minimum Gasteiger partial charge on any atom is -0.494 e. The number of ether oxygens (including phenoxy) is 1. The number of carbonyl (C=O) groups excluding carboxylic acids is 2. The highest BCUT2D eigenvalue weighted by atomic mass is 16.5. The first-order valence-electron chi connectivity index (χ1n) is 7.84. The van der Waals surface area contributed by atoms with Crippen molar-refractivity contribution in [2.75, 3.05) is 19.0 Å². The molecule has 0 saturated heterocycles. The van der Waals surface area contributed by atoms with Crippen molar-refractivity contribution in [2.45, 2.75) is 6.92 Å². The van der Waals surface area contributed by atoms with Gasteiger partial charge in [0.05, 0.1) is 25.5 Å². The highest BCUT2D eigenvalue weighted by Crippen LogP contribution is 2.23. The number of H-pyrrole nitrogens is 1. The van der Waals surface area contributed by atoms with Crippen LogP contribution in [0.3, 0.4) is 0 Å². The number of rotatable bonds is 6. The van der Waals surface area contributed by atoms with Gasteiger partial charge in [-0.15, -0.1) is 0 Å². The number of aromatic nitrogens is 4. The van der Waals surface area contributed by atoms with Crippen molar-refractivity contribution in [3.63, 3.8) is 0 Å². The summed E-state index contributed by atoms with van der Waals surface area (Å²) in [4.78, 5) is 24.0. The van der Waals surface area contributed by atoms with Crippen molar-refractivity contribution in [3.05, 3.63) is 54.1 Å². The summed E-state index contributed by atoms with van der Waals surface area (Å²) in [7, 11) is 1.57. The van der Waals surface area contributed by atoms with Crippen LogP contribution in [0.2, 0.25) is 0 Å². The third-order valence-electron chi connectivity index (χ3n) is 3.59. The number of aromatic amines is 1. The number of nitrogens with zero attached hydrogens (tertiary/aromatic N) is 3. The van der Waals surface area contributed by atoms with E-state index in [0.717, 1.165) is 11.3 Å². The molecule has 26 heavy (non-hydrogen) atoms. The zero-order valence-corrected chi connectivity index (χ0v) is 14.3. The molecule has 1 aromatic carbocycles. The lowest BCUT2D eigenvalue weighted by Gasteiger charge is -2.09. The van der Waals surface area contributed by atoms with Crippen LogP contribution in [0.5, 0.6) is 5.75 Å². The van der Waals surface area contributed by atoms with E-state index in [1.54, 1.807) is 24.1 Å². The Balaban J connectivity index is 1.65. The Bertz CT molecular complexity index is 916. The fraction of sp³-hybridized carbons (Fsp3) is 0.176. The summed E-state index contributed by atoms with van der Waals surface area (Å²) < 4.78 is 6.89. The molecule has 2 aromatic heterocycles. The van der Waals surface area contributed by atoms with E-state index in [2.05, 4.69) is 25.9 Å². The lowest BCUT2D eigenvalue weighted by Crippen LogP contribution is -2.33. The average Bonchev–Trinajstić information content (AvgIpc) is 3.31. The molecular formula is C17H18N6O3. The van der Waals surface area contributed by atoms with Gasteiger partial charge in [-0.3, -0.25) is 14.7 Å². The molecule has 0 unspecified atom stereocenters. The van der Waals surface area contributed by atoms with Gasteiger partial charge in [0, 0.05) is 12.4 Å². The van der Waals surface area contributed by atoms with Gasteiger partial charge in [-0.05, 0) is 30.7 Å². The molecule has 3 rings (SSSR count). The fourth-order valence-electron chi connectivity index (χ4n) is 2.33. The Morgan fingerprint density at radius 3 is 2.88 bits per heavy atom. The van der Waals surface area contributed by atoms with Crippen LogP contribution < -0.4 is 15.4 Å². The molecule has 0 atom stereocenters. The second kappa shape index (κ2) is 7.51. The van der Waals surface area contributed by atoms with Gasteiger partial charge in [-0.25, -0.2) is 4.68 Å². The van der Waals surface area contributed by atoms with Crippen LogP contribution in [0.15, 0.2) is 42.9 Å². The summed E-state index contributed by atoms with van der Waals surface area (Å²) >= 11 is 0. The molecule has 2 heterocycles. The van der Waals surface area contributed by atoms with Crippen molar-refractivity contribution in [1.82, 2.24) is 25.3 Å². The summed E-state index contributed by atoms with van der Waals surface area (Å²) in [5.74, 6) is -0.164. The maximum atomic E-state index is 12.2. The van der Waals surface area contributed by atoms with Crippen molar-refractivity contribution in [1.29, 1.82) is 0 Å². The van der Waals surface area contributed by atoms with Crippen LogP contribution in [-0.4, -0.2) is 45.4 Å². The maximum Gasteiger partial charge on any atom is 0.272 e. The largest absolute Gasteiger partial charge is 0.494 e. The fourth-order valence-corrected chi connectivity index (χ4v) is 2.33. The van der Waals surface area contributed by atoms with Crippen molar-refractivity contribution < 1.29 is 14.3 Å². The Hall–Kier alpha value is -3.62. The van der Waals surface area contributed by atoms with E-state index in [1.165, 1.54) is 12.4 Å². The standard InChI is InChI=1S/C17H18N6O3/c1-11-3-4-15(26-2)14(7-11)23-6-5-13(22-23)17(25)18-10-16(24)21-12-8-19-20-9-12/h3-9H,10H2,1-2H3,(H,18,25)(H,19,20)(H,21,24). The zero-order chi connectivity index (χ0) is 18.5. The summed E-state index contributed by atoms with van der Waals surface area (Å²) in [6, 6.07) is 7.25. The van der Waals surface area contributed by atoms with Gasteiger partial charge >= 0.3 is 0 Å². The second-order valence-electron chi connectivity index (χ2n) is 5.54. The summed E-state index contributed by atoms with van der Waals surface area (Å²) in [6.07, 6.45) is 4.67. The molecule has 0 aliphatic heterocycles. The quantitative estimate of drug-likeness (QED) is 0.617. The first-order valence-corrected chi connectivity index (χ1v) is 7.84. The van der Waals surface area contributed by atoms with Crippen LogP contribution in [0.1, 0.15) is 16.1 Å². The molecule has 9 heteroatoms. The van der Waals surface area contributed by atoms with E-state index in [4.69, 9.17) is 4.74 Å². The molecule has 3 aromatic rings. The summed E-state index contributed by atoms with van der Waals surface area (Å²) in [5.41, 5.74) is 2.49. The van der Waals surface area contributed by atoms with Crippen molar-refractivity contribution in [2.24, 2.45) is 0 Å². The Morgan fingerprint density at radius 1 is 1.31 bits per heavy atom. The number of aryl methyl sites for hydroxylation is 1. The highest BCUT2D eigenvalue weighted by molar-refractivity contribution is 5.98. The molecule has 0 radical (unpaired) electrons. The topological polar surface area (TPSA) is 114 Å². The van der Waals surface area contributed by atoms with Crippen LogP contribution in [0.4, 0.5) is 5.69 Å². The molecule has 0 aliphatic rings. The molecule has 0 fully saturated rings. The molecule has 0 spiro atoms. The maximum absolute atomic E-state index is 12.2. The Morgan fingerprint density at radius 2 is 2.15 bits per heavy atom. The molecule has 134 valence electrons. The predicted octanol–water partition coefficient (Wildman–Crippen LogP) is 1.28. The van der Waals surface area contributed by atoms with E-state index >= 15 is 0 Å². The summed E-state index contributed by atoms with van der Waals surface area (Å²) in [5, 5.41) is 15.7. The van der Waals surface area contributed by atoms with Crippen LogP contribution in [0, 0.1) is 6.92 Å². The average molecular weight is 354 g/mol. The zero-order valence-electron chi connectivity index (χ0n) is 14.3. The first kappa shape index (κ1) is 17.2. The molecule has 2 amide bonds. The van der Waals surface area contributed by atoms with E-state index in [-0.39, 0.29) is 18.1 Å². The number of nitrogens with one attached hydrogen (secondary N) is 3. The third-order valence-corrected chi connectivity index (χ3v) is 3.59. The molecule has 0 aliphatic carbocycles. The van der Waals surface area contributed by atoms with Gasteiger partial charge in [-0.1, -0.05) is 6.07 Å². The van der Waals surface area contributed by atoms with Gasteiger partial charge < -0.3 is 15.4 Å². The van der Waals surface area contributed by atoms with E-state index < -0.39 is 5.91 Å². The number of hydrogen-bond donors (Lipinski definition) is 3. The van der Waals surface area contributed by atoms with Crippen molar-refractivity contribution >= 4 is 17.5 Å². The smallest absolute Gasteiger partial charge is 0.272 e. The molecule has 0 bridgehead atoms. The minimum atomic E-state index is -0.447. The monoisotopic (exact) mass is 354 g/mol. The Kier molecular flexibility index (Phi) is 4.97. The number of hydrogen-bond acceptors (Lipinski definition) is 5. The van der Waals surface area contributed by atoms with Crippen LogP contribution in [0.25, 0.3) is 5.69 Å². The number of anilines is 1. The molecule has 0 saturated carbocycles. The van der Waals surface area contributed by atoms with Gasteiger partial charge in [0.25, 0.3) is 5.91 Å². The lowest BCUT2D eigenvalue weighted by molar-refractivity contribution is -0.115. The normalized spacial score (nSPS) is 10.4. The number of benzene rings is 1. The minimum absolute atomic E-state index is 0.176. The highest BCUT2D eigenvalue weighted by Gasteiger charge is 2.14. The summed E-state index contributed by atoms with van der Waals surface area (Å²) in [6.45, 7) is 1.78. The number of methoxy groups -OCH3 is 1. The van der Waals surface area contributed by atoms with Gasteiger partial charge in [0.2, 0.25) is 5.91 Å². The van der Waals surface area contributed by atoms with Gasteiger partial charge in [0.15, 0.2) is 5.69 Å². The van der Waals surface area contributed by atoms with E-state index in [9.17, 15) is 9.59 Å². The van der Waals surface area contributed by atoms with Gasteiger partial charge in [0.1, 0.15) is 11.4 Å². The molecule has 9 nitrogen and oxygen atoms in total. The molecule has 3 N–H and O–H groups in total. The Labute approximate surface area is 149 Å². The van der Waals surface area contributed by atoms with Crippen molar-refractivity contribution in [3.8, 4) is 11.4 Å². The predicted molar refractivity (Wildman–Crippen MR) is 94.4 cm³/mol. The second-order valence-corrected chi connectivity index (χ2v) is 5.54. The SMILES string of the molecule is COc1ccc(C)cc1-n1ccc(C(=O)NCC(=O)Nc2cn[nH]c2)n1. The lowest BCUT2D eigenvalue weighted by atomic mass is 10.2. The molecular weight excluding hydrogens is 336 g/mol. The van der Waals surface area contributed by atoms with Crippen LogP contribution >= 0.6 is 0 Å². The van der Waals surface area contributed by atoms with E-state index in [0.29, 0.717) is 11.4 Å². The van der Waals surface area contributed by atoms with Crippen LogP contribution in [-0.2, 0) is 4.79 Å². The first-order chi connectivity index (χ1) is 12.6. The van der Waals surface area contributed by atoms with E-state index in [1.807, 2.05) is 25.1 Å². The number of amides is 2. The number of carbonyl (C=O) groups is 2. The third kappa shape index (κ3) is 3.89. The van der Waals surface area contributed by atoms with Gasteiger partial charge in [-0.2, -0.15) is 10.2 Å².